The van der Waals surface area contributed by atoms with E-state index in [4.69, 9.17) is 16.3 Å². The largest absolute Gasteiger partial charge is 0.487 e. The topological polar surface area (TPSA) is 9.23 Å². The van der Waals surface area contributed by atoms with Crippen LogP contribution < -0.4 is 4.74 Å². The van der Waals surface area contributed by atoms with Crippen LogP contribution in [0.4, 0.5) is 4.39 Å². The van der Waals surface area contributed by atoms with Gasteiger partial charge in [-0.25, -0.2) is 4.39 Å². The molecule has 0 atom stereocenters. The Morgan fingerprint density at radius 1 is 1.18 bits per heavy atom. The van der Waals surface area contributed by atoms with E-state index in [1.807, 2.05) is 24.3 Å². The number of hydrogen-bond donors (Lipinski definition) is 0. The molecule has 0 aliphatic heterocycles. The number of hydrogen-bond acceptors (Lipinski definition) is 1. The summed E-state index contributed by atoms with van der Waals surface area (Å²) in [6.45, 7) is 0.350. The Labute approximate surface area is 112 Å². The minimum Gasteiger partial charge on any atom is -0.487 e. The quantitative estimate of drug-likeness (QED) is 0.789. The SMILES string of the molecule is Fc1ccc(Cl)c(OCc2cccc(Br)c2)c1. The smallest absolute Gasteiger partial charge is 0.141 e. The summed E-state index contributed by atoms with van der Waals surface area (Å²) in [6, 6.07) is 11.8. The van der Waals surface area contributed by atoms with E-state index in [1.54, 1.807) is 0 Å². The van der Waals surface area contributed by atoms with Crippen molar-refractivity contribution >= 4 is 27.5 Å². The van der Waals surface area contributed by atoms with Crippen LogP contribution >= 0.6 is 27.5 Å². The van der Waals surface area contributed by atoms with Crippen LogP contribution in [0.25, 0.3) is 0 Å². The maximum atomic E-state index is 13.0. The van der Waals surface area contributed by atoms with E-state index in [-0.39, 0.29) is 5.82 Å². The lowest BCUT2D eigenvalue weighted by molar-refractivity contribution is 0.304. The van der Waals surface area contributed by atoms with Crippen molar-refractivity contribution in [3.8, 4) is 5.75 Å². The molecule has 0 radical (unpaired) electrons. The van der Waals surface area contributed by atoms with Crippen LogP contribution in [0.3, 0.4) is 0 Å². The zero-order chi connectivity index (χ0) is 12.3. The lowest BCUT2D eigenvalue weighted by Gasteiger charge is -2.08. The summed E-state index contributed by atoms with van der Waals surface area (Å²) in [4.78, 5) is 0. The number of halogens is 3. The summed E-state index contributed by atoms with van der Waals surface area (Å²) >= 11 is 9.27. The third-order valence-corrected chi connectivity index (χ3v) is 2.98. The van der Waals surface area contributed by atoms with Gasteiger partial charge in [0.15, 0.2) is 0 Å². The van der Waals surface area contributed by atoms with E-state index in [2.05, 4.69) is 15.9 Å². The Hall–Kier alpha value is -1.06. The van der Waals surface area contributed by atoms with Gasteiger partial charge in [0.1, 0.15) is 18.2 Å². The predicted molar refractivity (Wildman–Crippen MR) is 69.9 cm³/mol. The minimum absolute atomic E-state index is 0.350. The first kappa shape index (κ1) is 12.4. The fourth-order valence-electron chi connectivity index (χ4n) is 1.38. The monoisotopic (exact) mass is 314 g/mol. The van der Waals surface area contributed by atoms with Gasteiger partial charge in [-0.2, -0.15) is 0 Å². The molecule has 2 aromatic carbocycles. The highest BCUT2D eigenvalue weighted by atomic mass is 79.9. The Morgan fingerprint density at radius 2 is 2.00 bits per heavy atom. The van der Waals surface area contributed by atoms with Crippen molar-refractivity contribution in [3.63, 3.8) is 0 Å². The fraction of sp³-hybridized carbons (Fsp3) is 0.0769. The number of benzene rings is 2. The Kier molecular flexibility index (Phi) is 4.02. The van der Waals surface area contributed by atoms with Gasteiger partial charge in [-0.3, -0.25) is 0 Å². The van der Waals surface area contributed by atoms with Crippen molar-refractivity contribution < 1.29 is 9.13 Å². The fourth-order valence-corrected chi connectivity index (χ4v) is 1.99. The molecular weight excluding hydrogens is 306 g/mol. The zero-order valence-electron chi connectivity index (χ0n) is 8.79. The van der Waals surface area contributed by atoms with E-state index in [1.165, 1.54) is 18.2 Å². The molecule has 0 amide bonds. The van der Waals surface area contributed by atoms with Crippen LogP contribution in [-0.2, 0) is 6.61 Å². The second-order valence-corrected chi connectivity index (χ2v) is 4.82. The zero-order valence-corrected chi connectivity index (χ0v) is 11.1. The van der Waals surface area contributed by atoms with Gasteiger partial charge in [0, 0.05) is 10.5 Å². The molecule has 1 nitrogen and oxygen atoms in total. The molecule has 0 aliphatic carbocycles. The number of rotatable bonds is 3. The standard InChI is InChI=1S/C13H9BrClFO/c14-10-3-1-2-9(6-10)8-17-13-7-11(16)4-5-12(13)15/h1-7H,8H2. The van der Waals surface area contributed by atoms with Crippen molar-refractivity contribution in [2.75, 3.05) is 0 Å². The normalized spacial score (nSPS) is 10.3. The van der Waals surface area contributed by atoms with Crippen LogP contribution in [0.15, 0.2) is 46.9 Å². The van der Waals surface area contributed by atoms with Crippen molar-refractivity contribution in [2.45, 2.75) is 6.61 Å². The molecule has 0 spiro atoms. The molecule has 2 aromatic rings. The average molecular weight is 316 g/mol. The van der Waals surface area contributed by atoms with Crippen molar-refractivity contribution in [2.24, 2.45) is 0 Å². The van der Waals surface area contributed by atoms with Crippen molar-refractivity contribution in [1.82, 2.24) is 0 Å². The maximum absolute atomic E-state index is 13.0. The van der Waals surface area contributed by atoms with Crippen LogP contribution in [0.2, 0.25) is 5.02 Å². The van der Waals surface area contributed by atoms with Gasteiger partial charge < -0.3 is 4.74 Å². The van der Waals surface area contributed by atoms with E-state index in [0.717, 1.165) is 10.0 Å². The second-order valence-electron chi connectivity index (χ2n) is 3.49. The highest BCUT2D eigenvalue weighted by Gasteiger charge is 2.03. The van der Waals surface area contributed by atoms with Gasteiger partial charge in [-0.1, -0.05) is 39.7 Å². The molecular formula is C13H9BrClFO. The molecule has 0 saturated heterocycles. The molecule has 0 saturated carbocycles. The summed E-state index contributed by atoms with van der Waals surface area (Å²) in [5, 5.41) is 0.404. The molecule has 0 aromatic heterocycles. The first-order valence-electron chi connectivity index (χ1n) is 4.97. The minimum atomic E-state index is -0.362. The molecule has 4 heteroatoms. The summed E-state index contributed by atoms with van der Waals surface area (Å²) < 4.78 is 19.4. The third-order valence-electron chi connectivity index (χ3n) is 2.18. The lowest BCUT2D eigenvalue weighted by Crippen LogP contribution is -1.96. The van der Waals surface area contributed by atoms with Crippen LogP contribution in [0.5, 0.6) is 5.75 Å². The van der Waals surface area contributed by atoms with Crippen LogP contribution in [-0.4, -0.2) is 0 Å². The predicted octanol–water partition coefficient (Wildman–Crippen LogP) is 4.82. The van der Waals surface area contributed by atoms with Crippen LogP contribution in [0.1, 0.15) is 5.56 Å². The van der Waals surface area contributed by atoms with E-state index in [9.17, 15) is 4.39 Å². The summed E-state index contributed by atoms with van der Waals surface area (Å²) in [6.07, 6.45) is 0. The van der Waals surface area contributed by atoms with Gasteiger partial charge in [-0.15, -0.1) is 0 Å². The Morgan fingerprint density at radius 3 is 2.76 bits per heavy atom. The Balaban J connectivity index is 2.09. The molecule has 88 valence electrons. The molecule has 0 unspecified atom stereocenters. The molecule has 0 bridgehead atoms. The average Bonchev–Trinajstić information content (AvgIpc) is 2.30. The summed E-state index contributed by atoms with van der Waals surface area (Å²) in [5.41, 5.74) is 0.986. The lowest BCUT2D eigenvalue weighted by atomic mass is 10.2. The van der Waals surface area contributed by atoms with E-state index >= 15 is 0 Å². The van der Waals surface area contributed by atoms with Crippen LogP contribution in [0, 0.1) is 5.82 Å². The van der Waals surface area contributed by atoms with E-state index in [0.29, 0.717) is 17.4 Å². The van der Waals surface area contributed by atoms with Gasteiger partial charge in [0.2, 0.25) is 0 Å². The molecule has 0 N–H and O–H groups in total. The molecule has 17 heavy (non-hydrogen) atoms. The van der Waals surface area contributed by atoms with Gasteiger partial charge in [0.25, 0.3) is 0 Å². The summed E-state index contributed by atoms with van der Waals surface area (Å²) in [7, 11) is 0. The molecule has 2 rings (SSSR count). The molecule has 0 heterocycles. The molecule has 0 fully saturated rings. The number of ether oxygens (including phenoxy) is 1. The second kappa shape index (κ2) is 5.52. The van der Waals surface area contributed by atoms with Gasteiger partial charge in [0.05, 0.1) is 5.02 Å². The Bertz CT molecular complexity index is 531. The van der Waals surface area contributed by atoms with Crippen molar-refractivity contribution in [3.05, 3.63) is 63.3 Å². The summed E-state index contributed by atoms with van der Waals surface area (Å²) in [5.74, 6) is -0.00900. The molecule has 0 aliphatic rings. The third kappa shape index (κ3) is 3.45. The van der Waals surface area contributed by atoms with Gasteiger partial charge >= 0.3 is 0 Å². The highest BCUT2D eigenvalue weighted by Crippen LogP contribution is 2.26. The first-order chi connectivity index (χ1) is 8.15. The maximum Gasteiger partial charge on any atom is 0.141 e. The van der Waals surface area contributed by atoms with Crippen molar-refractivity contribution in [1.29, 1.82) is 0 Å². The first-order valence-corrected chi connectivity index (χ1v) is 6.14. The van der Waals surface area contributed by atoms with Gasteiger partial charge in [-0.05, 0) is 29.8 Å². The highest BCUT2D eigenvalue weighted by molar-refractivity contribution is 9.10. The van der Waals surface area contributed by atoms with E-state index < -0.39 is 0 Å².